The Morgan fingerprint density at radius 1 is 0.356 bits per heavy atom. The zero-order chi connectivity index (χ0) is 45.3. The topological polar surface area (TPSA) is 0 Å². The predicted octanol–water partition coefficient (Wildman–Crippen LogP) is 8.86. The first-order valence-corrected chi connectivity index (χ1v) is 15.1. The average molecular weight is 884 g/mol. The Kier molecular flexibility index (Phi) is 12.2. The summed E-state index contributed by atoms with van der Waals surface area (Å²) in [7, 11) is 5.49. The van der Waals surface area contributed by atoms with E-state index < -0.39 is 156 Å². The zero-order valence-corrected chi connectivity index (χ0v) is 28.5. The van der Waals surface area contributed by atoms with E-state index in [0.717, 1.165) is 6.07 Å². The lowest BCUT2D eigenvalue weighted by molar-refractivity contribution is -0.137. The van der Waals surface area contributed by atoms with Gasteiger partial charge in [-0.25, -0.2) is 87.8 Å². The minimum Gasteiger partial charge on any atom is -0.298 e. The van der Waals surface area contributed by atoms with Crippen molar-refractivity contribution >= 4 is 33.7 Å². The molecule has 5 aromatic carbocycles. The van der Waals surface area contributed by atoms with E-state index >= 15 is 35.1 Å². The molecular formula is C34H14BF23N+. The van der Waals surface area contributed by atoms with Crippen molar-refractivity contribution in [2.75, 3.05) is 21.1 Å². The number of rotatable bonds is 5. The summed E-state index contributed by atoms with van der Waals surface area (Å²) in [4.78, 5) is 0. The third kappa shape index (κ3) is 7.19. The Morgan fingerprint density at radius 2 is 0.559 bits per heavy atom. The van der Waals surface area contributed by atoms with Gasteiger partial charge >= 0.3 is 7.60 Å². The van der Waals surface area contributed by atoms with Crippen molar-refractivity contribution in [2.24, 2.45) is 0 Å². The van der Waals surface area contributed by atoms with Crippen LogP contribution in [0, 0.1) is 116 Å². The number of hydrogen-bond donors (Lipinski definition) is 0. The van der Waals surface area contributed by atoms with E-state index in [1.807, 2.05) is 21.1 Å². The van der Waals surface area contributed by atoms with Gasteiger partial charge in [0.05, 0.1) is 26.7 Å². The molecule has 0 aliphatic rings. The first kappa shape index (κ1) is 46.2. The fraction of sp³-hybridized carbons (Fsp3) is 0.118. The first-order valence-electron chi connectivity index (χ1n) is 15.1. The fourth-order valence-electron chi connectivity index (χ4n) is 5.97. The van der Waals surface area contributed by atoms with Gasteiger partial charge in [0.2, 0.25) is 0 Å². The van der Waals surface area contributed by atoms with Gasteiger partial charge in [-0.3, -0.25) is 4.48 Å². The van der Waals surface area contributed by atoms with Crippen LogP contribution in [-0.2, 0) is 6.18 Å². The van der Waals surface area contributed by atoms with Crippen molar-refractivity contribution < 1.29 is 102 Å². The molecular weight excluding hydrogens is 870 g/mol. The van der Waals surface area contributed by atoms with Gasteiger partial charge in [-0.05, 0) is 12.1 Å². The van der Waals surface area contributed by atoms with E-state index in [-0.39, 0.29) is 1.43 Å². The lowest BCUT2D eigenvalue weighted by Gasteiger charge is -2.44. The highest BCUT2D eigenvalue weighted by molar-refractivity contribution is 7.20. The molecule has 0 atom stereocenters. The summed E-state index contributed by atoms with van der Waals surface area (Å²) in [6, 6.07) is 5.38. The number of benzene rings is 5. The monoisotopic (exact) mass is 884 g/mol. The molecule has 0 spiro atoms. The normalized spacial score (nSPS) is 12.2. The highest BCUT2D eigenvalue weighted by Gasteiger charge is 2.52. The van der Waals surface area contributed by atoms with Crippen LogP contribution in [0.2, 0.25) is 0 Å². The Bertz CT molecular complexity index is 2120. The van der Waals surface area contributed by atoms with E-state index in [9.17, 15) is 65.9 Å². The van der Waals surface area contributed by atoms with E-state index in [4.69, 9.17) is 0 Å². The Labute approximate surface area is 314 Å². The molecule has 5 aromatic rings. The van der Waals surface area contributed by atoms with Crippen LogP contribution in [0.1, 0.15) is 6.99 Å². The number of quaternary nitrogens is 1. The molecule has 0 unspecified atom stereocenters. The zero-order valence-electron chi connectivity index (χ0n) is 29.5. The number of halogens is 23. The molecule has 0 radical (unpaired) electrons. The van der Waals surface area contributed by atoms with Crippen molar-refractivity contribution in [3.8, 4) is 0 Å². The molecule has 25 heteroatoms. The van der Waals surface area contributed by atoms with Crippen LogP contribution in [0.5, 0.6) is 0 Å². The molecule has 5 rings (SSSR count). The molecule has 0 bridgehead atoms. The van der Waals surface area contributed by atoms with Crippen LogP contribution in [-0.4, -0.2) is 27.3 Å². The smallest absolute Gasteiger partial charge is 0.298 e. The van der Waals surface area contributed by atoms with Crippen LogP contribution in [0.4, 0.5) is 107 Å². The van der Waals surface area contributed by atoms with Crippen LogP contribution >= 0.6 is 0 Å². The minimum atomic E-state index is -7.22. The highest BCUT2D eigenvalue weighted by Crippen LogP contribution is 2.33. The molecule has 0 aliphatic heterocycles. The van der Waals surface area contributed by atoms with Crippen molar-refractivity contribution in [1.29, 1.82) is 0 Å². The quantitative estimate of drug-likeness (QED) is 0.0545. The van der Waals surface area contributed by atoms with Gasteiger partial charge < -0.3 is 0 Å². The maximum absolute atomic E-state index is 15.4. The van der Waals surface area contributed by atoms with E-state index in [0.29, 0.717) is 10.2 Å². The summed E-state index contributed by atoms with van der Waals surface area (Å²) < 4.78 is 331. The predicted molar refractivity (Wildman–Crippen MR) is 161 cm³/mol. The fourth-order valence-corrected chi connectivity index (χ4v) is 5.97. The van der Waals surface area contributed by atoms with E-state index in [1.54, 1.807) is 6.07 Å². The van der Waals surface area contributed by atoms with Gasteiger partial charge in [-0.2, -0.15) is 13.2 Å². The molecule has 0 aliphatic carbocycles. The van der Waals surface area contributed by atoms with Crippen molar-refractivity contribution in [2.45, 2.75) is 6.18 Å². The maximum Gasteiger partial charge on any atom is 1.00 e. The van der Waals surface area contributed by atoms with Crippen molar-refractivity contribution in [1.82, 2.24) is 4.48 Å². The molecule has 0 amide bonds. The van der Waals surface area contributed by atoms with Gasteiger partial charge in [0, 0.05) is 6.07 Å². The molecule has 0 aromatic heterocycles. The van der Waals surface area contributed by atoms with Crippen LogP contribution in [0.15, 0.2) is 24.3 Å². The summed E-state index contributed by atoms with van der Waals surface area (Å²) in [5, 5.41) is 0. The van der Waals surface area contributed by atoms with Gasteiger partial charge in [-0.1, -0.05) is 6.07 Å². The van der Waals surface area contributed by atoms with Crippen LogP contribution < -0.4 is 26.3 Å². The Morgan fingerprint density at radius 3 is 0.746 bits per heavy atom. The molecule has 0 heterocycles. The molecule has 0 fully saturated rings. The second-order valence-electron chi connectivity index (χ2n) is 12.9. The molecule has 0 saturated heterocycles. The third-order valence-corrected chi connectivity index (χ3v) is 8.66. The van der Waals surface area contributed by atoms with Gasteiger partial charge in [0.15, 0.2) is 69.8 Å². The summed E-state index contributed by atoms with van der Waals surface area (Å²) >= 11 is 0. The lowest BCUT2D eigenvalue weighted by atomic mass is 9.12. The van der Waals surface area contributed by atoms with Crippen molar-refractivity contribution in [3.05, 3.63) is 146 Å². The SMILES string of the molecule is C[N+](C)(C)c1cccc(C(F)(F)F)c1.Fc1c(F)c(F)c([B-](c2c(F)c(F)c(F)c(F)c2F)(c2c(F)c(F)c(F)c(F)c2F)c2c(F)c(F)c(F)c(F)c2F)c(F)c1F.[H+]. The van der Waals surface area contributed by atoms with Crippen LogP contribution in [0.25, 0.3) is 0 Å². The Hall–Kier alpha value is -5.49. The number of nitrogens with zero attached hydrogens (tertiary/aromatic N) is 1. The molecule has 318 valence electrons. The molecule has 1 nitrogen and oxygen atoms in total. The average Bonchev–Trinajstić information content (AvgIpc) is 3.17. The molecule has 59 heavy (non-hydrogen) atoms. The largest absolute Gasteiger partial charge is 1.00 e. The van der Waals surface area contributed by atoms with Gasteiger partial charge in [-0.15, -0.1) is 21.9 Å². The van der Waals surface area contributed by atoms with Crippen LogP contribution in [0.3, 0.4) is 0 Å². The Balaban J connectivity index is 0.000000543. The lowest BCUT2D eigenvalue weighted by Crippen LogP contribution is -2.81. The maximum atomic E-state index is 15.4. The summed E-state index contributed by atoms with van der Waals surface area (Å²) in [6.45, 7) is 0. The van der Waals surface area contributed by atoms with Gasteiger partial charge in [0.25, 0.3) is 0 Å². The molecule has 0 saturated carbocycles. The van der Waals surface area contributed by atoms with Gasteiger partial charge in [0.1, 0.15) is 58.4 Å². The van der Waals surface area contributed by atoms with E-state index in [2.05, 4.69) is 0 Å². The van der Waals surface area contributed by atoms with Crippen molar-refractivity contribution in [3.63, 3.8) is 0 Å². The second kappa shape index (κ2) is 15.6. The molecule has 0 N–H and O–H groups in total. The highest BCUT2D eigenvalue weighted by atomic mass is 19.4. The first-order chi connectivity index (χ1) is 26.9. The number of hydrogen-bond acceptors (Lipinski definition) is 0. The summed E-state index contributed by atoms with van der Waals surface area (Å²) in [5.41, 5.74) is -14.3. The third-order valence-electron chi connectivity index (χ3n) is 8.66. The summed E-state index contributed by atoms with van der Waals surface area (Å²) in [6.07, 6.45) is -11.5. The minimum absolute atomic E-state index is 0. The van der Waals surface area contributed by atoms with E-state index in [1.165, 1.54) is 12.1 Å². The standard InChI is InChI=1S/C24BF20.C10H13F3N/c26-5-1(6(27)14(35)21(42)13(5)34)25(2-7(28)15(36)22(43)16(37)8(2)29,3-9(30)17(38)23(44)18(39)10(3)31)4-11(32)19(40)24(45)20(41)12(4)33;1-14(2,3)9-6-4-5-8(7-9)10(11,12)13/h;4-7H,1-3H3/q-1;+1/p+1. The second-order valence-corrected chi connectivity index (χ2v) is 12.9. The number of alkyl halides is 3. The summed E-state index contributed by atoms with van der Waals surface area (Å²) in [5.74, 6) is -71.4.